The zero-order chi connectivity index (χ0) is 17.2. The Balaban J connectivity index is 1.30. The van der Waals surface area contributed by atoms with E-state index in [9.17, 15) is 8.78 Å². The van der Waals surface area contributed by atoms with E-state index in [1.807, 2.05) is 5.57 Å². The fourth-order valence-corrected chi connectivity index (χ4v) is 5.66. The lowest BCUT2D eigenvalue weighted by Crippen LogP contribution is -2.23. The van der Waals surface area contributed by atoms with E-state index in [4.69, 9.17) is 0 Å². The summed E-state index contributed by atoms with van der Waals surface area (Å²) in [6, 6.07) is 4.49. The summed E-state index contributed by atoms with van der Waals surface area (Å²) >= 11 is 0. The lowest BCUT2D eigenvalue weighted by molar-refractivity contribution is 0.199. The maximum Gasteiger partial charge on any atom is 0.159 e. The molecule has 0 aromatic heterocycles. The first-order valence-electron chi connectivity index (χ1n) is 10.4. The van der Waals surface area contributed by atoms with Crippen molar-refractivity contribution in [2.45, 2.75) is 83.0 Å². The van der Waals surface area contributed by atoms with Gasteiger partial charge in [0.15, 0.2) is 11.6 Å². The Kier molecular flexibility index (Phi) is 5.24. The van der Waals surface area contributed by atoms with Gasteiger partial charge in [0.25, 0.3) is 0 Å². The predicted molar refractivity (Wildman–Crippen MR) is 98.5 cm³/mol. The van der Waals surface area contributed by atoms with Gasteiger partial charge < -0.3 is 0 Å². The number of benzene rings is 1. The van der Waals surface area contributed by atoms with Crippen LogP contribution in [0.5, 0.6) is 0 Å². The van der Waals surface area contributed by atoms with Crippen LogP contribution in [0.3, 0.4) is 0 Å². The predicted octanol–water partition coefficient (Wildman–Crippen LogP) is 7.30. The van der Waals surface area contributed by atoms with E-state index in [-0.39, 0.29) is 0 Å². The Morgan fingerprint density at radius 2 is 1.24 bits per heavy atom. The molecule has 0 N–H and O–H groups in total. The zero-order valence-electron chi connectivity index (χ0n) is 15.2. The van der Waals surface area contributed by atoms with Gasteiger partial charge in [0.1, 0.15) is 0 Å². The summed E-state index contributed by atoms with van der Waals surface area (Å²) < 4.78 is 26.6. The van der Waals surface area contributed by atoms with Gasteiger partial charge in [-0.15, -0.1) is 0 Å². The molecule has 4 rings (SSSR count). The largest absolute Gasteiger partial charge is 0.204 e. The molecule has 0 bridgehead atoms. The quantitative estimate of drug-likeness (QED) is 0.494. The van der Waals surface area contributed by atoms with Crippen LogP contribution in [0.25, 0.3) is 0 Å². The van der Waals surface area contributed by atoms with Gasteiger partial charge in [-0.3, -0.25) is 0 Å². The molecule has 1 aromatic rings. The van der Waals surface area contributed by atoms with E-state index >= 15 is 0 Å². The molecule has 0 amide bonds. The average molecular weight is 344 g/mol. The Morgan fingerprint density at radius 1 is 0.640 bits per heavy atom. The van der Waals surface area contributed by atoms with Crippen molar-refractivity contribution in [1.29, 1.82) is 0 Å². The average Bonchev–Trinajstić information content (AvgIpc) is 3.19. The van der Waals surface area contributed by atoms with Gasteiger partial charge in [-0.05, 0) is 112 Å². The molecular formula is C23H30F2. The van der Waals surface area contributed by atoms with Crippen LogP contribution in [0.2, 0.25) is 0 Å². The normalized spacial score (nSPS) is 30.7. The molecule has 136 valence electrons. The molecule has 3 aliphatic rings. The Hall–Kier alpha value is -1.18. The molecule has 0 saturated heterocycles. The second-order valence-corrected chi connectivity index (χ2v) is 8.54. The van der Waals surface area contributed by atoms with Crippen molar-refractivity contribution in [2.24, 2.45) is 11.8 Å². The first-order chi connectivity index (χ1) is 12.2. The second-order valence-electron chi connectivity index (χ2n) is 8.54. The second kappa shape index (κ2) is 7.60. The van der Waals surface area contributed by atoms with Crippen molar-refractivity contribution < 1.29 is 8.78 Å². The number of allylic oxidation sites excluding steroid dienone is 2. The van der Waals surface area contributed by atoms with Crippen molar-refractivity contribution in [2.75, 3.05) is 0 Å². The third-order valence-corrected chi connectivity index (χ3v) is 7.19. The fourth-order valence-electron chi connectivity index (χ4n) is 5.66. The molecule has 0 unspecified atom stereocenters. The Bertz CT molecular complexity index is 619. The number of halogens is 2. The summed E-state index contributed by atoms with van der Waals surface area (Å²) in [4.78, 5) is 0. The minimum atomic E-state index is -0.730. The standard InChI is InChI=1S/C23H30F2/c24-22-14-13-21(15-23(22)25)20-11-9-19(10-12-20)18-7-5-17(6-8-18)16-3-1-2-4-16/h13-15,18-20H,1-12H2. The topological polar surface area (TPSA) is 0 Å². The minimum Gasteiger partial charge on any atom is -0.204 e. The molecule has 0 aliphatic heterocycles. The van der Waals surface area contributed by atoms with E-state index in [1.165, 1.54) is 76.3 Å². The van der Waals surface area contributed by atoms with Crippen LogP contribution in [-0.4, -0.2) is 0 Å². The van der Waals surface area contributed by atoms with E-state index in [0.717, 1.165) is 30.2 Å². The van der Waals surface area contributed by atoms with Crippen LogP contribution in [0.1, 0.15) is 88.5 Å². The number of hydrogen-bond acceptors (Lipinski definition) is 0. The van der Waals surface area contributed by atoms with Crippen LogP contribution < -0.4 is 0 Å². The summed E-state index contributed by atoms with van der Waals surface area (Å²) in [5.74, 6) is 0.755. The van der Waals surface area contributed by atoms with Gasteiger partial charge in [0.05, 0.1) is 0 Å². The van der Waals surface area contributed by atoms with E-state index in [2.05, 4.69) is 0 Å². The van der Waals surface area contributed by atoms with E-state index in [0.29, 0.717) is 5.92 Å². The van der Waals surface area contributed by atoms with E-state index in [1.54, 1.807) is 11.6 Å². The maximum absolute atomic E-state index is 13.5. The molecule has 0 nitrogen and oxygen atoms in total. The molecule has 2 heteroatoms. The molecule has 0 atom stereocenters. The van der Waals surface area contributed by atoms with Gasteiger partial charge in [-0.2, -0.15) is 0 Å². The monoisotopic (exact) mass is 344 g/mol. The fraction of sp³-hybridized carbons (Fsp3) is 0.652. The van der Waals surface area contributed by atoms with Crippen LogP contribution in [-0.2, 0) is 0 Å². The highest BCUT2D eigenvalue weighted by Crippen LogP contribution is 2.45. The van der Waals surface area contributed by atoms with Gasteiger partial charge in [0, 0.05) is 0 Å². The highest BCUT2D eigenvalue weighted by Gasteiger charge is 2.31. The minimum absolute atomic E-state index is 0.422. The number of rotatable bonds is 2. The molecule has 0 spiro atoms. The molecule has 3 aliphatic carbocycles. The SMILES string of the molecule is Fc1ccc(C2CCC(C3CCC(=C4CCCC4)CC3)CC2)cc1F. The molecule has 0 radical (unpaired) electrons. The smallest absolute Gasteiger partial charge is 0.159 e. The lowest BCUT2D eigenvalue weighted by Gasteiger charge is -2.37. The van der Waals surface area contributed by atoms with Crippen molar-refractivity contribution in [3.05, 3.63) is 46.5 Å². The Morgan fingerprint density at radius 3 is 1.88 bits per heavy atom. The van der Waals surface area contributed by atoms with Crippen molar-refractivity contribution >= 4 is 0 Å². The first kappa shape index (κ1) is 17.2. The molecule has 3 saturated carbocycles. The van der Waals surface area contributed by atoms with Crippen molar-refractivity contribution in [3.63, 3.8) is 0 Å². The maximum atomic E-state index is 13.5. The van der Waals surface area contributed by atoms with Crippen molar-refractivity contribution in [3.8, 4) is 0 Å². The summed E-state index contributed by atoms with van der Waals surface area (Å²) in [6.07, 6.45) is 15.9. The van der Waals surface area contributed by atoms with Gasteiger partial charge >= 0.3 is 0 Å². The molecular weight excluding hydrogens is 314 g/mol. The lowest BCUT2D eigenvalue weighted by atomic mass is 9.69. The molecule has 1 aromatic carbocycles. The summed E-state index contributed by atoms with van der Waals surface area (Å²) in [5.41, 5.74) is 4.61. The van der Waals surface area contributed by atoms with Gasteiger partial charge in [0.2, 0.25) is 0 Å². The van der Waals surface area contributed by atoms with Gasteiger partial charge in [-0.1, -0.05) is 17.2 Å². The van der Waals surface area contributed by atoms with Crippen molar-refractivity contribution in [1.82, 2.24) is 0 Å². The third-order valence-electron chi connectivity index (χ3n) is 7.19. The summed E-state index contributed by atoms with van der Waals surface area (Å²) in [7, 11) is 0. The zero-order valence-corrected chi connectivity index (χ0v) is 15.2. The molecule has 3 fully saturated rings. The number of hydrogen-bond donors (Lipinski definition) is 0. The third kappa shape index (κ3) is 3.83. The van der Waals surface area contributed by atoms with Crippen LogP contribution in [0.15, 0.2) is 29.3 Å². The van der Waals surface area contributed by atoms with Crippen LogP contribution in [0, 0.1) is 23.5 Å². The molecule has 0 heterocycles. The highest BCUT2D eigenvalue weighted by molar-refractivity contribution is 5.22. The summed E-state index contributed by atoms with van der Waals surface area (Å²) in [6.45, 7) is 0. The first-order valence-corrected chi connectivity index (χ1v) is 10.4. The van der Waals surface area contributed by atoms with Crippen LogP contribution >= 0.6 is 0 Å². The van der Waals surface area contributed by atoms with E-state index < -0.39 is 11.6 Å². The Labute approximate surface area is 150 Å². The molecule has 25 heavy (non-hydrogen) atoms. The highest BCUT2D eigenvalue weighted by atomic mass is 19.2. The van der Waals surface area contributed by atoms with Crippen LogP contribution in [0.4, 0.5) is 8.78 Å². The van der Waals surface area contributed by atoms with Gasteiger partial charge in [-0.25, -0.2) is 8.78 Å². The summed E-state index contributed by atoms with van der Waals surface area (Å²) in [5, 5.41) is 0.